The van der Waals surface area contributed by atoms with Crippen molar-refractivity contribution in [2.45, 2.75) is 13.8 Å². The fourth-order valence-corrected chi connectivity index (χ4v) is 1.78. The van der Waals surface area contributed by atoms with E-state index in [-0.39, 0.29) is 5.91 Å². The number of carbonyl (C=O) groups excluding carboxylic acids is 1. The Kier molecular flexibility index (Phi) is 3.01. The summed E-state index contributed by atoms with van der Waals surface area (Å²) in [5.74, 6) is 0.228. The smallest absolute Gasteiger partial charge is 0.259 e. The summed E-state index contributed by atoms with van der Waals surface area (Å²) in [5, 5.41) is 6.98. The van der Waals surface area contributed by atoms with Crippen LogP contribution in [0.4, 0.5) is 11.5 Å². The second-order valence-corrected chi connectivity index (χ2v) is 4.10. The van der Waals surface area contributed by atoms with Crippen molar-refractivity contribution in [1.82, 2.24) is 14.8 Å². The number of anilines is 2. The van der Waals surface area contributed by atoms with Crippen molar-refractivity contribution in [3.05, 3.63) is 35.3 Å². The Labute approximate surface area is 105 Å². The highest BCUT2D eigenvalue weighted by atomic mass is 16.1. The van der Waals surface area contributed by atoms with Crippen LogP contribution in [0.5, 0.6) is 0 Å². The highest BCUT2D eigenvalue weighted by Gasteiger charge is 2.17. The topological polar surface area (TPSA) is 85.8 Å². The first-order valence-corrected chi connectivity index (χ1v) is 5.52. The normalized spacial score (nSPS) is 10.4. The van der Waals surface area contributed by atoms with E-state index < -0.39 is 0 Å². The molecule has 0 bridgehead atoms. The summed E-state index contributed by atoms with van der Waals surface area (Å²) in [4.78, 5) is 16.0. The van der Waals surface area contributed by atoms with Gasteiger partial charge in [-0.3, -0.25) is 9.48 Å². The molecule has 0 aliphatic heterocycles. The maximum Gasteiger partial charge on any atom is 0.259 e. The SMILES string of the molecule is Cc1nn(C)c(C)c1C(=O)Nc1ccc(N)nc1. The van der Waals surface area contributed by atoms with Crippen LogP contribution < -0.4 is 11.1 Å². The molecular formula is C12H15N5O. The van der Waals surface area contributed by atoms with Gasteiger partial charge in [0.2, 0.25) is 0 Å². The van der Waals surface area contributed by atoms with Crippen LogP contribution in [-0.4, -0.2) is 20.7 Å². The summed E-state index contributed by atoms with van der Waals surface area (Å²) >= 11 is 0. The summed E-state index contributed by atoms with van der Waals surface area (Å²) in [5.41, 5.74) is 8.21. The lowest BCUT2D eigenvalue weighted by molar-refractivity contribution is 0.102. The van der Waals surface area contributed by atoms with E-state index >= 15 is 0 Å². The molecule has 0 radical (unpaired) electrons. The van der Waals surface area contributed by atoms with Crippen molar-refractivity contribution in [2.75, 3.05) is 11.1 Å². The van der Waals surface area contributed by atoms with Gasteiger partial charge in [-0.05, 0) is 26.0 Å². The molecule has 1 amide bonds. The molecule has 0 aliphatic rings. The van der Waals surface area contributed by atoms with Gasteiger partial charge in [0.15, 0.2) is 0 Å². The number of rotatable bonds is 2. The fourth-order valence-electron chi connectivity index (χ4n) is 1.78. The number of hydrogen-bond donors (Lipinski definition) is 2. The molecule has 0 aliphatic carbocycles. The predicted molar refractivity (Wildman–Crippen MR) is 69.3 cm³/mol. The van der Waals surface area contributed by atoms with E-state index in [4.69, 9.17) is 5.73 Å². The van der Waals surface area contributed by atoms with Crippen LogP contribution in [0, 0.1) is 13.8 Å². The Hall–Kier alpha value is -2.37. The quantitative estimate of drug-likeness (QED) is 0.834. The minimum Gasteiger partial charge on any atom is -0.384 e. The summed E-state index contributed by atoms with van der Waals surface area (Å²) in [6.45, 7) is 3.67. The second kappa shape index (κ2) is 4.48. The van der Waals surface area contributed by atoms with Crippen LogP contribution in [0.2, 0.25) is 0 Å². The number of amides is 1. The zero-order valence-electron chi connectivity index (χ0n) is 10.6. The average molecular weight is 245 g/mol. The number of nitrogen functional groups attached to an aromatic ring is 1. The molecule has 0 unspecified atom stereocenters. The van der Waals surface area contributed by atoms with Crippen molar-refractivity contribution >= 4 is 17.4 Å². The van der Waals surface area contributed by atoms with Crippen molar-refractivity contribution < 1.29 is 4.79 Å². The molecule has 2 aromatic rings. The lowest BCUT2D eigenvalue weighted by Crippen LogP contribution is -2.14. The summed E-state index contributed by atoms with van der Waals surface area (Å²) in [6, 6.07) is 3.35. The highest BCUT2D eigenvalue weighted by molar-refractivity contribution is 6.05. The van der Waals surface area contributed by atoms with Crippen molar-refractivity contribution in [3.63, 3.8) is 0 Å². The van der Waals surface area contributed by atoms with Gasteiger partial charge in [-0.15, -0.1) is 0 Å². The number of hydrogen-bond acceptors (Lipinski definition) is 4. The molecule has 2 rings (SSSR count). The first-order valence-electron chi connectivity index (χ1n) is 5.52. The van der Waals surface area contributed by atoms with Crippen LogP contribution in [0.15, 0.2) is 18.3 Å². The Morgan fingerprint density at radius 3 is 2.61 bits per heavy atom. The first kappa shape index (κ1) is 12.1. The molecule has 94 valence electrons. The molecule has 3 N–H and O–H groups in total. The zero-order chi connectivity index (χ0) is 13.3. The number of carbonyl (C=O) groups is 1. The third-order valence-corrected chi connectivity index (χ3v) is 2.78. The molecule has 0 saturated carbocycles. The first-order chi connectivity index (χ1) is 8.49. The van der Waals surface area contributed by atoms with Crippen LogP contribution in [0.1, 0.15) is 21.7 Å². The van der Waals surface area contributed by atoms with E-state index in [9.17, 15) is 4.79 Å². The number of nitrogens with one attached hydrogen (secondary N) is 1. The van der Waals surface area contributed by atoms with E-state index in [1.165, 1.54) is 6.20 Å². The summed E-state index contributed by atoms with van der Waals surface area (Å²) < 4.78 is 1.69. The van der Waals surface area contributed by atoms with E-state index in [1.54, 1.807) is 16.8 Å². The zero-order valence-corrected chi connectivity index (χ0v) is 10.6. The van der Waals surface area contributed by atoms with Gasteiger partial charge in [-0.2, -0.15) is 5.10 Å². The van der Waals surface area contributed by atoms with Gasteiger partial charge >= 0.3 is 0 Å². The largest absolute Gasteiger partial charge is 0.384 e. The molecule has 0 atom stereocenters. The van der Waals surface area contributed by atoms with Crippen molar-refractivity contribution in [3.8, 4) is 0 Å². The average Bonchev–Trinajstić information content (AvgIpc) is 2.56. The molecule has 6 heteroatoms. The molecule has 0 aromatic carbocycles. The molecule has 0 fully saturated rings. The van der Waals surface area contributed by atoms with Gasteiger partial charge in [-0.1, -0.05) is 0 Å². The highest BCUT2D eigenvalue weighted by Crippen LogP contribution is 2.15. The number of nitrogens with two attached hydrogens (primary N) is 1. The number of aromatic nitrogens is 3. The van der Waals surface area contributed by atoms with Crippen LogP contribution in [-0.2, 0) is 7.05 Å². The van der Waals surface area contributed by atoms with E-state index in [0.717, 1.165) is 5.69 Å². The second-order valence-electron chi connectivity index (χ2n) is 4.10. The number of nitrogens with zero attached hydrogens (tertiary/aromatic N) is 3. The third kappa shape index (κ3) is 2.17. The summed E-state index contributed by atoms with van der Waals surface area (Å²) in [7, 11) is 1.81. The number of pyridine rings is 1. The number of aryl methyl sites for hydroxylation is 2. The van der Waals surface area contributed by atoms with Gasteiger partial charge in [0, 0.05) is 12.7 Å². The fraction of sp³-hybridized carbons (Fsp3) is 0.250. The lowest BCUT2D eigenvalue weighted by atomic mass is 10.2. The molecule has 2 heterocycles. The minimum atomic E-state index is -0.190. The Balaban J connectivity index is 2.24. The van der Waals surface area contributed by atoms with Gasteiger partial charge in [0.05, 0.1) is 23.1 Å². The Morgan fingerprint density at radius 1 is 1.39 bits per heavy atom. The molecular weight excluding hydrogens is 230 g/mol. The monoisotopic (exact) mass is 245 g/mol. The van der Waals surface area contributed by atoms with E-state index in [1.807, 2.05) is 20.9 Å². The van der Waals surface area contributed by atoms with Crippen molar-refractivity contribution in [1.29, 1.82) is 0 Å². The van der Waals surface area contributed by atoms with E-state index in [2.05, 4.69) is 15.4 Å². The molecule has 0 saturated heterocycles. The minimum absolute atomic E-state index is 0.190. The third-order valence-electron chi connectivity index (χ3n) is 2.78. The maximum atomic E-state index is 12.1. The molecule has 18 heavy (non-hydrogen) atoms. The van der Waals surface area contributed by atoms with Crippen LogP contribution >= 0.6 is 0 Å². The molecule has 2 aromatic heterocycles. The lowest BCUT2D eigenvalue weighted by Gasteiger charge is -2.05. The standard InChI is InChI=1S/C12H15N5O/c1-7-11(8(2)17(3)16-7)12(18)15-9-4-5-10(13)14-6-9/h4-6H,1-3H3,(H2,13,14)(H,15,18). The van der Waals surface area contributed by atoms with Crippen LogP contribution in [0.25, 0.3) is 0 Å². The van der Waals surface area contributed by atoms with Gasteiger partial charge in [0.1, 0.15) is 5.82 Å². The molecule has 0 spiro atoms. The van der Waals surface area contributed by atoms with Crippen LogP contribution in [0.3, 0.4) is 0 Å². The predicted octanol–water partition coefficient (Wildman–Crippen LogP) is 1.27. The Morgan fingerprint density at radius 2 is 2.11 bits per heavy atom. The van der Waals surface area contributed by atoms with Gasteiger partial charge in [-0.25, -0.2) is 4.98 Å². The summed E-state index contributed by atoms with van der Waals surface area (Å²) in [6.07, 6.45) is 1.52. The van der Waals surface area contributed by atoms with Gasteiger partial charge < -0.3 is 11.1 Å². The van der Waals surface area contributed by atoms with E-state index in [0.29, 0.717) is 22.8 Å². The van der Waals surface area contributed by atoms with Gasteiger partial charge in [0.25, 0.3) is 5.91 Å². The van der Waals surface area contributed by atoms with Crippen molar-refractivity contribution in [2.24, 2.45) is 7.05 Å². The Bertz CT molecular complexity index is 585. The maximum absolute atomic E-state index is 12.1. The molecule has 6 nitrogen and oxygen atoms in total.